The minimum atomic E-state index is -0.219. The maximum atomic E-state index is 5.67. The van der Waals surface area contributed by atoms with E-state index in [0.717, 1.165) is 17.7 Å². The molecular formula is C14H24N2O2. The van der Waals surface area contributed by atoms with Gasteiger partial charge in [0, 0.05) is 13.2 Å². The highest BCUT2D eigenvalue weighted by Gasteiger charge is 2.24. The number of hydrogen-bond acceptors (Lipinski definition) is 4. The summed E-state index contributed by atoms with van der Waals surface area (Å²) in [5.41, 5.74) is 4.97. The first-order chi connectivity index (χ1) is 8.43. The van der Waals surface area contributed by atoms with Gasteiger partial charge in [0.1, 0.15) is 5.75 Å². The van der Waals surface area contributed by atoms with Crippen molar-refractivity contribution in [3.63, 3.8) is 0 Å². The third kappa shape index (κ3) is 3.70. The Balaban J connectivity index is 2.95. The van der Waals surface area contributed by atoms with E-state index in [1.165, 1.54) is 5.56 Å². The van der Waals surface area contributed by atoms with Gasteiger partial charge in [-0.1, -0.05) is 6.07 Å². The number of hydrazine groups is 1. The normalized spacial score (nSPS) is 13.4. The second-order valence-electron chi connectivity index (χ2n) is 5.11. The summed E-state index contributed by atoms with van der Waals surface area (Å²) in [6.07, 6.45) is 0.799. The van der Waals surface area contributed by atoms with Crippen LogP contribution in [0.25, 0.3) is 0 Å². The zero-order valence-electron chi connectivity index (χ0n) is 11.9. The molecule has 1 aromatic rings. The van der Waals surface area contributed by atoms with E-state index >= 15 is 0 Å². The molecule has 102 valence electrons. The molecular weight excluding hydrogens is 228 g/mol. The fourth-order valence-corrected chi connectivity index (χ4v) is 2.00. The fraction of sp³-hybridized carbons (Fsp3) is 0.571. The molecule has 0 aliphatic carbocycles. The third-order valence-electron chi connectivity index (χ3n) is 3.30. The SMILES string of the molecule is COc1ccc(C(CC(C)(C)OC)NN)c(C)c1. The molecule has 0 aliphatic rings. The predicted molar refractivity (Wildman–Crippen MR) is 73.5 cm³/mol. The summed E-state index contributed by atoms with van der Waals surface area (Å²) < 4.78 is 10.7. The van der Waals surface area contributed by atoms with Crippen molar-refractivity contribution in [3.05, 3.63) is 29.3 Å². The average molecular weight is 252 g/mol. The van der Waals surface area contributed by atoms with Crippen molar-refractivity contribution in [3.8, 4) is 5.75 Å². The van der Waals surface area contributed by atoms with E-state index in [0.29, 0.717) is 0 Å². The van der Waals surface area contributed by atoms with E-state index < -0.39 is 0 Å². The van der Waals surface area contributed by atoms with Gasteiger partial charge in [-0.25, -0.2) is 0 Å². The van der Waals surface area contributed by atoms with E-state index in [-0.39, 0.29) is 11.6 Å². The molecule has 0 aliphatic heterocycles. The number of aryl methyl sites for hydroxylation is 1. The molecule has 0 fully saturated rings. The number of nitrogens with two attached hydrogens (primary N) is 1. The molecule has 1 rings (SSSR count). The van der Waals surface area contributed by atoms with Gasteiger partial charge in [-0.05, 0) is 50.5 Å². The number of nitrogens with one attached hydrogen (secondary N) is 1. The Labute approximate surface area is 109 Å². The van der Waals surface area contributed by atoms with Crippen molar-refractivity contribution in [2.24, 2.45) is 5.84 Å². The second-order valence-corrected chi connectivity index (χ2v) is 5.11. The number of benzene rings is 1. The van der Waals surface area contributed by atoms with Crippen LogP contribution in [0.15, 0.2) is 18.2 Å². The highest BCUT2D eigenvalue weighted by molar-refractivity contribution is 5.36. The zero-order chi connectivity index (χ0) is 13.8. The second kappa shape index (κ2) is 6.18. The topological polar surface area (TPSA) is 56.5 Å². The van der Waals surface area contributed by atoms with Gasteiger partial charge in [0.05, 0.1) is 12.7 Å². The van der Waals surface area contributed by atoms with Crippen LogP contribution in [0.3, 0.4) is 0 Å². The molecule has 0 amide bonds. The minimum absolute atomic E-state index is 0.0610. The van der Waals surface area contributed by atoms with Gasteiger partial charge in [-0.15, -0.1) is 0 Å². The molecule has 0 saturated heterocycles. The van der Waals surface area contributed by atoms with E-state index in [9.17, 15) is 0 Å². The molecule has 0 aromatic heterocycles. The van der Waals surface area contributed by atoms with Crippen LogP contribution in [0, 0.1) is 6.92 Å². The summed E-state index contributed by atoms with van der Waals surface area (Å²) in [7, 11) is 3.38. The number of methoxy groups -OCH3 is 2. The molecule has 0 heterocycles. The van der Waals surface area contributed by atoms with Crippen LogP contribution in [0.1, 0.15) is 37.4 Å². The lowest BCUT2D eigenvalue weighted by molar-refractivity contribution is 0.00677. The van der Waals surface area contributed by atoms with Crippen molar-refractivity contribution >= 4 is 0 Å². The van der Waals surface area contributed by atoms with Gasteiger partial charge >= 0.3 is 0 Å². The van der Waals surface area contributed by atoms with Crippen LogP contribution in [0.2, 0.25) is 0 Å². The third-order valence-corrected chi connectivity index (χ3v) is 3.30. The summed E-state index contributed by atoms with van der Waals surface area (Å²) in [5, 5.41) is 0. The number of rotatable bonds is 6. The molecule has 0 spiro atoms. The Morgan fingerprint density at radius 1 is 1.33 bits per heavy atom. The molecule has 18 heavy (non-hydrogen) atoms. The Bertz CT molecular complexity index is 391. The summed E-state index contributed by atoms with van der Waals surface area (Å²) >= 11 is 0. The number of ether oxygens (including phenoxy) is 2. The fourth-order valence-electron chi connectivity index (χ4n) is 2.00. The molecule has 1 aromatic carbocycles. The highest BCUT2D eigenvalue weighted by Crippen LogP contribution is 2.29. The van der Waals surface area contributed by atoms with Gasteiger partial charge in [0.25, 0.3) is 0 Å². The Morgan fingerprint density at radius 2 is 2.00 bits per heavy atom. The Kier molecular flexibility index (Phi) is 5.14. The molecule has 1 atom stereocenters. The summed E-state index contributed by atoms with van der Waals surface area (Å²) in [6, 6.07) is 6.07. The van der Waals surface area contributed by atoms with Crippen LogP contribution in [0.5, 0.6) is 5.75 Å². The first-order valence-electron chi connectivity index (χ1n) is 6.09. The quantitative estimate of drug-likeness (QED) is 0.602. The monoisotopic (exact) mass is 252 g/mol. The molecule has 1 unspecified atom stereocenters. The van der Waals surface area contributed by atoms with Gasteiger partial charge in [-0.2, -0.15) is 0 Å². The number of hydrogen-bond donors (Lipinski definition) is 2. The van der Waals surface area contributed by atoms with Gasteiger partial charge in [0.15, 0.2) is 0 Å². The summed E-state index contributed by atoms with van der Waals surface area (Å²) in [6.45, 7) is 6.16. The van der Waals surface area contributed by atoms with Crippen molar-refractivity contribution in [1.29, 1.82) is 0 Å². The van der Waals surface area contributed by atoms with E-state index in [4.69, 9.17) is 15.3 Å². The summed E-state index contributed by atoms with van der Waals surface area (Å²) in [5.74, 6) is 6.53. The van der Waals surface area contributed by atoms with Crippen molar-refractivity contribution in [1.82, 2.24) is 5.43 Å². The average Bonchev–Trinajstić information content (AvgIpc) is 2.36. The van der Waals surface area contributed by atoms with Crippen LogP contribution in [-0.4, -0.2) is 19.8 Å². The molecule has 0 saturated carbocycles. The first kappa shape index (κ1) is 15.0. The van der Waals surface area contributed by atoms with Gasteiger partial charge in [0.2, 0.25) is 0 Å². The molecule has 0 radical (unpaired) electrons. The van der Waals surface area contributed by atoms with E-state index in [1.54, 1.807) is 14.2 Å². The zero-order valence-corrected chi connectivity index (χ0v) is 11.9. The van der Waals surface area contributed by atoms with Crippen molar-refractivity contribution < 1.29 is 9.47 Å². The van der Waals surface area contributed by atoms with Crippen LogP contribution >= 0.6 is 0 Å². The molecule has 3 N–H and O–H groups in total. The molecule has 4 heteroatoms. The lowest BCUT2D eigenvalue weighted by atomic mass is 9.91. The lowest BCUT2D eigenvalue weighted by Gasteiger charge is -2.29. The standard InChI is InChI=1S/C14H24N2O2/c1-10-8-11(17-4)6-7-12(10)13(16-15)9-14(2,3)18-5/h6-8,13,16H,9,15H2,1-5H3. The Hall–Kier alpha value is -1.10. The van der Waals surface area contributed by atoms with E-state index in [1.807, 2.05) is 18.2 Å². The van der Waals surface area contributed by atoms with E-state index in [2.05, 4.69) is 26.2 Å². The maximum Gasteiger partial charge on any atom is 0.119 e. The van der Waals surface area contributed by atoms with Crippen molar-refractivity contribution in [2.45, 2.75) is 38.8 Å². The van der Waals surface area contributed by atoms with Crippen LogP contribution < -0.4 is 16.0 Å². The lowest BCUT2D eigenvalue weighted by Crippen LogP contribution is -2.35. The highest BCUT2D eigenvalue weighted by atomic mass is 16.5. The van der Waals surface area contributed by atoms with Crippen LogP contribution in [-0.2, 0) is 4.74 Å². The predicted octanol–water partition coefficient (Wildman–Crippen LogP) is 2.32. The van der Waals surface area contributed by atoms with Gasteiger partial charge < -0.3 is 9.47 Å². The maximum absolute atomic E-state index is 5.67. The first-order valence-corrected chi connectivity index (χ1v) is 6.09. The van der Waals surface area contributed by atoms with Gasteiger partial charge in [-0.3, -0.25) is 11.3 Å². The summed E-state index contributed by atoms with van der Waals surface area (Å²) in [4.78, 5) is 0. The van der Waals surface area contributed by atoms with Crippen molar-refractivity contribution in [2.75, 3.05) is 14.2 Å². The van der Waals surface area contributed by atoms with Crippen LogP contribution in [0.4, 0.5) is 0 Å². The molecule has 4 nitrogen and oxygen atoms in total. The molecule has 0 bridgehead atoms. The Morgan fingerprint density at radius 3 is 2.44 bits per heavy atom. The smallest absolute Gasteiger partial charge is 0.119 e. The minimum Gasteiger partial charge on any atom is -0.497 e. The largest absolute Gasteiger partial charge is 0.497 e.